The van der Waals surface area contributed by atoms with Crippen molar-refractivity contribution in [3.05, 3.63) is 34.7 Å². The summed E-state index contributed by atoms with van der Waals surface area (Å²) >= 11 is 1.70. The van der Waals surface area contributed by atoms with Gasteiger partial charge < -0.3 is 19.5 Å². The first-order valence-corrected chi connectivity index (χ1v) is 10.2. The van der Waals surface area contributed by atoms with E-state index >= 15 is 0 Å². The zero-order valence-corrected chi connectivity index (χ0v) is 16.3. The average Bonchev–Trinajstić information content (AvgIpc) is 3.35. The van der Waals surface area contributed by atoms with Crippen LogP contribution in [0.5, 0.6) is 0 Å². The number of rotatable bonds is 4. The smallest absolute Gasteiger partial charge is 0.223 e. The first-order chi connectivity index (χ1) is 13.1. The molecule has 0 unspecified atom stereocenters. The van der Waals surface area contributed by atoms with E-state index in [4.69, 9.17) is 9.40 Å². The third-order valence-corrected chi connectivity index (χ3v) is 6.49. The molecule has 8 heteroatoms. The zero-order chi connectivity index (χ0) is 18.8. The summed E-state index contributed by atoms with van der Waals surface area (Å²) in [5.41, 5.74) is 1.14. The zero-order valence-electron chi connectivity index (χ0n) is 15.4. The molecule has 0 aromatic carbocycles. The Labute approximate surface area is 162 Å². The fourth-order valence-corrected chi connectivity index (χ4v) is 4.90. The van der Waals surface area contributed by atoms with Crippen molar-refractivity contribution in [2.24, 2.45) is 5.92 Å². The first kappa shape index (κ1) is 18.0. The normalized spacial score (nSPS) is 19.7. The lowest BCUT2D eigenvalue weighted by Crippen LogP contribution is -2.48. The molecule has 1 fully saturated rings. The molecule has 1 aliphatic heterocycles. The van der Waals surface area contributed by atoms with E-state index in [1.807, 2.05) is 17.0 Å². The van der Waals surface area contributed by atoms with Crippen LogP contribution >= 0.6 is 11.3 Å². The fraction of sp³-hybridized carbons (Fsp3) is 0.526. The van der Waals surface area contributed by atoms with Gasteiger partial charge in [-0.25, -0.2) is 4.98 Å². The Kier molecular flexibility index (Phi) is 5.15. The van der Waals surface area contributed by atoms with Gasteiger partial charge in [0.2, 0.25) is 11.8 Å². The van der Waals surface area contributed by atoms with Gasteiger partial charge in [0.25, 0.3) is 0 Å². The van der Waals surface area contributed by atoms with Crippen LogP contribution in [0, 0.1) is 5.92 Å². The number of thiazole rings is 1. The van der Waals surface area contributed by atoms with Crippen molar-refractivity contribution in [2.45, 2.75) is 32.7 Å². The van der Waals surface area contributed by atoms with Crippen LogP contribution in [0.4, 0.5) is 5.13 Å². The molecule has 7 nitrogen and oxygen atoms in total. The van der Waals surface area contributed by atoms with Crippen molar-refractivity contribution >= 4 is 28.3 Å². The van der Waals surface area contributed by atoms with E-state index in [0.717, 1.165) is 62.0 Å². The number of aryl methyl sites for hydroxylation is 1. The minimum atomic E-state index is -0.00433. The van der Waals surface area contributed by atoms with E-state index in [0.29, 0.717) is 6.54 Å². The summed E-state index contributed by atoms with van der Waals surface area (Å²) in [5, 5.41) is 4.00. The summed E-state index contributed by atoms with van der Waals surface area (Å²) < 4.78 is 5.27. The molecule has 144 valence electrons. The van der Waals surface area contributed by atoms with Crippen molar-refractivity contribution in [1.82, 2.24) is 15.2 Å². The van der Waals surface area contributed by atoms with E-state index in [2.05, 4.69) is 10.2 Å². The summed E-state index contributed by atoms with van der Waals surface area (Å²) in [6.07, 6.45) is 4.05. The molecule has 0 bridgehead atoms. The number of piperazine rings is 1. The molecular weight excluding hydrogens is 364 g/mol. The maximum absolute atomic E-state index is 12.5. The van der Waals surface area contributed by atoms with E-state index in [9.17, 15) is 9.59 Å². The van der Waals surface area contributed by atoms with Crippen LogP contribution in [0.2, 0.25) is 0 Å². The highest BCUT2D eigenvalue weighted by Crippen LogP contribution is 2.34. The summed E-state index contributed by atoms with van der Waals surface area (Å²) in [6, 6.07) is 3.68. The van der Waals surface area contributed by atoms with Crippen LogP contribution < -0.4 is 10.2 Å². The number of fused-ring (bicyclic) bond motifs is 1. The van der Waals surface area contributed by atoms with Crippen LogP contribution in [-0.4, -0.2) is 47.9 Å². The number of hydrogen-bond donors (Lipinski definition) is 1. The maximum Gasteiger partial charge on any atom is 0.223 e. The lowest BCUT2D eigenvalue weighted by atomic mass is 9.90. The number of hydrogen-bond acceptors (Lipinski definition) is 6. The quantitative estimate of drug-likeness (QED) is 0.864. The Hall–Kier alpha value is -2.35. The van der Waals surface area contributed by atoms with Gasteiger partial charge in [-0.2, -0.15) is 0 Å². The Bertz CT molecular complexity index is 809. The largest absolute Gasteiger partial charge is 0.467 e. The predicted molar refractivity (Wildman–Crippen MR) is 103 cm³/mol. The van der Waals surface area contributed by atoms with Gasteiger partial charge in [0.05, 0.1) is 18.5 Å². The van der Waals surface area contributed by atoms with Crippen molar-refractivity contribution in [3.63, 3.8) is 0 Å². The molecule has 27 heavy (non-hydrogen) atoms. The predicted octanol–water partition coefficient (Wildman–Crippen LogP) is 1.83. The molecule has 0 spiro atoms. The molecule has 0 radical (unpaired) electrons. The van der Waals surface area contributed by atoms with Gasteiger partial charge in [0.1, 0.15) is 5.76 Å². The summed E-state index contributed by atoms with van der Waals surface area (Å²) in [5.74, 6) is 0.985. The van der Waals surface area contributed by atoms with Crippen LogP contribution in [0.25, 0.3) is 0 Å². The maximum atomic E-state index is 12.5. The lowest BCUT2D eigenvalue weighted by Gasteiger charge is -2.33. The van der Waals surface area contributed by atoms with Gasteiger partial charge in [0, 0.05) is 43.9 Å². The summed E-state index contributed by atoms with van der Waals surface area (Å²) in [7, 11) is 0. The molecule has 4 rings (SSSR count). The highest BCUT2D eigenvalue weighted by atomic mass is 32.1. The number of anilines is 1. The van der Waals surface area contributed by atoms with Crippen molar-refractivity contribution < 1.29 is 14.0 Å². The van der Waals surface area contributed by atoms with Crippen molar-refractivity contribution in [3.8, 4) is 0 Å². The van der Waals surface area contributed by atoms with Crippen LogP contribution in [0.1, 0.15) is 29.7 Å². The standard InChI is InChI=1S/C19H24N4O3S/c1-13(24)22-6-8-23(9-7-22)19-21-16-5-4-14(11-17(16)27-19)18(25)20-12-15-3-2-10-26-15/h2-3,10,14H,4-9,11-12H2,1H3,(H,20,25)/t14-/m0/s1. The first-order valence-electron chi connectivity index (χ1n) is 9.39. The number of carbonyl (C=O) groups excluding carboxylic acids is 2. The molecule has 3 heterocycles. The number of amides is 2. The minimum absolute atomic E-state index is 0.00433. The van der Waals surface area contributed by atoms with Gasteiger partial charge in [-0.15, -0.1) is 11.3 Å². The topological polar surface area (TPSA) is 78.7 Å². The van der Waals surface area contributed by atoms with E-state index in [-0.39, 0.29) is 17.7 Å². The molecule has 2 aromatic heterocycles. The van der Waals surface area contributed by atoms with Gasteiger partial charge in [0.15, 0.2) is 5.13 Å². The van der Waals surface area contributed by atoms with E-state index in [1.54, 1.807) is 24.5 Å². The Morgan fingerprint density at radius 1 is 1.33 bits per heavy atom. The third kappa shape index (κ3) is 4.00. The fourth-order valence-electron chi connectivity index (χ4n) is 3.66. The Morgan fingerprint density at radius 2 is 2.15 bits per heavy atom. The SMILES string of the molecule is CC(=O)N1CCN(c2nc3c(s2)C[C@@H](C(=O)NCc2ccco2)CC3)CC1. The summed E-state index contributed by atoms with van der Waals surface area (Å²) in [4.78, 5) is 34.2. The van der Waals surface area contributed by atoms with Crippen LogP contribution in [0.15, 0.2) is 22.8 Å². The Morgan fingerprint density at radius 3 is 2.85 bits per heavy atom. The third-order valence-electron chi connectivity index (χ3n) is 5.31. The number of aromatic nitrogens is 1. The summed E-state index contributed by atoms with van der Waals surface area (Å²) in [6.45, 7) is 5.19. The van der Waals surface area contributed by atoms with Gasteiger partial charge in [-0.1, -0.05) is 0 Å². The van der Waals surface area contributed by atoms with E-state index < -0.39 is 0 Å². The molecule has 2 aromatic rings. The van der Waals surface area contributed by atoms with Gasteiger partial charge >= 0.3 is 0 Å². The van der Waals surface area contributed by atoms with Crippen molar-refractivity contribution in [2.75, 3.05) is 31.1 Å². The van der Waals surface area contributed by atoms with E-state index in [1.165, 1.54) is 4.88 Å². The molecule has 2 amide bonds. The Balaban J connectivity index is 1.35. The lowest BCUT2D eigenvalue weighted by molar-refractivity contribution is -0.129. The highest BCUT2D eigenvalue weighted by molar-refractivity contribution is 7.15. The molecule has 0 saturated carbocycles. The second-order valence-electron chi connectivity index (χ2n) is 7.10. The highest BCUT2D eigenvalue weighted by Gasteiger charge is 2.29. The van der Waals surface area contributed by atoms with Gasteiger partial charge in [-0.05, 0) is 31.4 Å². The van der Waals surface area contributed by atoms with Gasteiger partial charge in [-0.3, -0.25) is 9.59 Å². The van der Waals surface area contributed by atoms with Crippen molar-refractivity contribution in [1.29, 1.82) is 0 Å². The molecule has 1 N–H and O–H groups in total. The molecular formula is C19H24N4O3S. The molecule has 1 atom stereocenters. The molecule has 1 aliphatic carbocycles. The molecule has 1 saturated heterocycles. The number of nitrogens with zero attached hydrogens (tertiary/aromatic N) is 3. The molecule has 2 aliphatic rings. The minimum Gasteiger partial charge on any atom is -0.467 e. The van der Waals surface area contributed by atoms with Crippen LogP contribution in [-0.2, 0) is 29.0 Å². The second kappa shape index (κ2) is 7.72. The number of nitrogens with one attached hydrogen (secondary N) is 1. The monoisotopic (exact) mass is 388 g/mol. The number of carbonyl (C=O) groups is 2. The second-order valence-corrected chi connectivity index (χ2v) is 8.16. The number of furan rings is 1. The van der Waals surface area contributed by atoms with Crippen LogP contribution in [0.3, 0.4) is 0 Å². The average molecular weight is 388 g/mol.